The lowest BCUT2D eigenvalue weighted by Gasteiger charge is -2.29. The molecule has 1 unspecified atom stereocenters. The van der Waals surface area contributed by atoms with Gasteiger partial charge in [0.05, 0.1) is 7.11 Å². The van der Waals surface area contributed by atoms with Crippen molar-refractivity contribution in [1.82, 2.24) is 0 Å². The van der Waals surface area contributed by atoms with Gasteiger partial charge in [0.15, 0.2) is 0 Å². The Morgan fingerprint density at radius 3 is 2.26 bits per heavy atom. The van der Waals surface area contributed by atoms with Crippen LogP contribution >= 0.6 is 11.9 Å². The van der Waals surface area contributed by atoms with Gasteiger partial charge in [-0.3, -0.25) is 0 Å². The van der Waals surface area contributed by atoms with Crippen LogP contribution in [0, 0.1) is 0 Å². The maximum atomic E-state index is 13.7. The van der Waals surface area contributed by atoms with Crippen LogP contribution in [0.5, 0.6) is 5.75 Å². The summed E-state index contributed by atoms with van der Waals surface area (Å²) in [5, 5.41) is 0. The molecule has 1 heterocycles. The van der Waals surface area contributed by atoms with Gasteiger partial charge in [0.2, 0.25) is 5.90 Å². The third kappa shape index (κ3) is 2.76. The lowest BCUT2D eigenvalue weighted by Crippen LogP contribution is -2.40. The second-order valence-corrected chi connectivity index (χ2v) is 5.74. The highest BCUT2D eigenvalue weighted by Crippen LogP contribution is 2.54. The Kier molecular flexibility index (Phi) is 3.97. The predicted molar refractivity (Wildman–Crippen MR) is 82.4 cm³/mol. The standard InChI is InChI=1S/C16H12F3NO2S/c1-21-13-9-7-11(8-10-13)14-20-23-15(22-14,16(17,18)19)12-5-3-2-4-6-12/h2-10H,1H3. The molecule has 120 valence electrons. The number of methoxy groups -OCH3 is 1. The number of benzene rings is 2. The van der Waals surface area contributed by atoms with Crippen LogP contribution in [-0.4, -0.2) is 19.2 Å². The third-order valence-corrected chi connectivity index (χ3v) is 4.43. The zero-order chi connectivity index (χ0) is 16.5. The molecule has 0 saturated heterocycles. The van der Waals surface area contributed by atoms with Crippen LogP contribution in [0.25, 0.3) is 0 Å². The summed E-state index contributed by atoms with van der Waals surface area (Å²) in [5.41, 5.74) is 0.463. The Labute approximate surface area is 135 Å². The number of alkyl halides is 3. The Bertz CT molecular complexity index is 716. The molecule has 1 aliphatic rings. The van der Waals surface area contributed by atoms with Crippen LogP contribution in [0.1, 0.15) is 11.1 Å². The molecule has 0 bridgehead atoms. The number of hydrogen-bond donors (Lipinski definition) is 0. The monoisotopic (exact) mass is 339 g/mol. The summed E-state index contributed by atoms with van der Waals surface area (Å²) < 4.78 is 55.3. The molecule has 3 nitrogen and oxygen atoms in total. The van der Waals surface area contributed by atoms with Gasteiger partial charge in [-0.15, -0.1) is 0 Å². The summed E-state index contributed by atoms with van der Waals surface area (Å²) in [5.74, 6) is 0.545. The van der Waals surface area contributed by atoms with Gasteiger partial charge in [-0.2, -0.15) is 17.6 Å². The van der Waals surface area contributed by atoms with E-state index in [1.54, 1.807) is 30.3 Å². The van der Waals surface area contributed by atoms with E-state index in [0.717, 1.165) is 0 Å². The Morgan fingerprint density at radius 2 is 1.70 bits per heavy atom. The molecular formula is C16H12F3NO2S. The van der Waals surface area contributed by atoms with Gasteiger partial charge in [-0.05, 0) is 24.3 Å². The number of rotatable bonds is 3. The maximum Gasteiger partial charge on any atom is 0.444 e. The zero-order valence-corrected chi connectivity index (χ0v) is 12.8. The highest BCUT2D eigenvalue weighted by atomic mass is 32.2. The quantitative estimate of drug-likeness (QED) is 0.770. The van der Waals surface area contributed by atoms with Crippen molar-refractivity contribution in [3.63, 3.8) is 0 Å². The Morgan fingerprint density at radius 1 is 1.04 bits per heavy atom. The van der Waals surface area contributed by atoms with Crippen molar-refractivity contribution in [2.75, 3.05) is 7.11 Å². The SMILES string of the molecule is COc1ccc(C2=NSC(c3ccccc3)(C(F)(F)F)O2)cc1. The summed E-state index contributed by atoms with van der Waals surface area (Å²) in [4.78, 5) is -2.52. The molecule has 0 spiro atoms. The Balaban J connectivity index is 1.94. The highest BCUT2D eigenvalue weighted by Gasteiger charge is 2.63. The van der Waals surface area contributed by atoms with Crippen LogP contribution in [-0.2, 0) is 9.67 Å². The molecule has 1 aliphatic heterocycles. The summed E-state index contributed by atoms with van der Waals surface area (Å²) >= 11 is 0.372. The fraction of sp³-hybridized carbons (Fsp3) is 0.188. The number of halogens is 3. The summed E-state index contributed by atoms with van der Waals surface area (Å²) in [6, 6.07) is 14.0. The first kappa shape index (κ1) is 15.7. The van der Waals surface area contributed by atoms with Crippen LogP contribution in [0.2, 0.25) is 0 Å². The van der Waals surface area contributed by atoms with Crippen molar-refractivity contribution >= 4 is 17.8 Å². The second-order valence-electron chi connectivity index (χ2n) is 4.80. The normalized spacial score (nSPS) is 20.8. The molecule has 0 aromatic heterocycles. The van der Waals surface area contributed by atoms with E-state index in [2.05, 4.69) is 4.40 Å². The number of hydrogen-bond acceptors (Lipinski definition) is 4. The number of ether oxygens (including phenoxy) is 2. The van der Waals surface area contributed by atoms with Crippen molar-refractivity contribution in [2.24, 2.45) is 4.40 Å². The molecule has 1 atom stereocenters. The molecule has 3 rings (SSSR count). The molecule has 7 heteroatoms. The second kappa shape index (κ2) is 5.81. The van der Waals surface area contributed by atoms with Crippen LogP contribution < -0.4 is 4.74 Å². The van der Waals surface area contributed by atoms with Crippen molar-refractivity contribution in [3.05, 3.63) is 65.7 Å². The molecule has 0 amide bonds. The van der Waals surface area contributed by atoms with Crippen molar-refractivity contribution in [1.29, 1.82) is 0 Å². The van der Waals surface area contributed by atoms with Gasteiger partial charge in [0.1, 0.15) is 5.75 Å². The lowest BCUT2D eigenvalue weighted by atomic mass is 10.1. The van der Waals surface area contributed by atoms with Gasteiger partial charge in [0.25, 0.3) is 4.93 Å². The molecular weight excluding hydrogens is 327 g/mol. The smallest absolute Gasteiger partial charge is 0.444 e. The molecule has 0 saturated carbocycles. The fourth-order valence-electron chi connectivity index (χ4n) is 2.17. The van der Waals surface area contributed by atoms with E-state index < -0.39 is 11.1 Å². The molecule has 0 fully saturated rings. The van der Waals surface area contributed by atoms with Crippen LogP contribution in [0.4, 0.5) is 13.2 Å². The zero-order valence-electron chi connectivity index (χ0n) is 12.0. The average molecular weight is 339 g/mol. The molecule has 0 aliphatic carbocycles. The summed E-state index contributed by atoms with van der Waals surface area (Å²) in [6.07, 6.45) is -4.61. The molecule has 23 heavy (non-hydrogen) atoms. The van der Waals surface area contributed by atoms with Crippen molar-refractivity contribution in [2.45, 2.75) is 11.1 Å². The third-order valence-electron chi connectivity index (χ3n) is 3.36. The fourth-order valence-corrected chi connectivity index (χ4v) is 2.98. The van der Waals surface area contributed by atoms with Gasteiger partial charge in [-0.25, -0.2) is 0 Å². The lowest BCUT2D eigenvalue weighted by molar-refractivity contribution is -0.217. The minimum Gasteiger partial charge on any atom is -0.497 e. The Hall–Kier alpha value is -2.15. The topological polar surface area (TPSA) is 30.8 Å². The minimum atomic E-state index is -4.61. The van der Waals surface area contributed by atoms with Gasteiger partial charge >= 0.3 is 6.18 Å². The van der Waals surface area contributed by atoms with E-state index in [1.807, 2.05) is 0 Å². The van der Waals surface area contributed by atoms with Gasteiger partial charge in [0, 0.05) is 23.1 Å². The average Bonchev–Trinajstić information content (AvgIpc) is 3.02. The van der Waals surface area contributed by atoms with E-state index in [-0.39, 0.29) is 11.5 Å². The van der Waals surface area contributed by atoms with Gasteiger partial charge in [-0.1, -0.05) is 30.3 Å². The highest BCUT2D eigenvalue weighted by molar-refractivity contribution is 7.99. The van der Waals surface area contributed by atoms with Crippen LogP contribution in [0.3, 0.4) is 0 Å². The van der Waals surface area contributed by atoms with Crippen molar-refractivity contribution < 1.29 is 22.6 Å². The van der Waals surface area contributed by atoms with Crippen LogP contribution in [0.15, 0.2) is 59.0 Å². The van der Waals surface area contributed by atoms with E-state index in [0.29, 0.717) is 23.3 Å². The summed E-state index contributed by atoms with van der Waals surface area (Å²) in [7, 11) is 1.51. The minimum absolute atomic E-state index is 0.00441. The molecule has 2 aromatic rings. The molecule has 0 radical (unpaired) electrons. The van der Waals surface area contributed by atoms with E-state index in [1.165, 1.54) is 31.4 Å². The van der Waals surface area contributed by atoms with E-state index in [9.17, 15) is 13.2 Å². The van der Waals surface area contributed by atoms with E-state index >= 15 is 0 Å². The first-order valence-corrected chi connectivity index (χ1v) is 7.45. The van der Waals surface area contributed by atoms with Gasteiger partial charge < -0.3 is 9.47 Å². The number of nitrogens with zero attached hydrogens (tertiary/aromatic N) is 1. The largest absolute Gasteiger partial charge is 0.497 e. The molecule has 2 aromatic carbocycles. The van der Waals surface area contributed by atoms with E-state index in [4.69, 9.17) is 9.47 Å². The maximum absolute atomic E-state index is 13.7. The molecule has 0 N–H and O–H groups in total. The first-order chi connectivity index (χ1) is 11.0. The predicted octanol–water partition coefficient (Wildman–Crippen LogP) is 4.54. The van der Waals surface area contributed by atoms with Crippen molar-refractivity contribution in [3.8, 4) is 5.75 Å². The summed E-state index contributed by atoms with van der Waals surface area (Å²) in [6.45, 7) is 0. The first-order valence-electron chi connectivity index (χ1n) is 6.68.